The van der Waals surface area contributed by atoms with Crippen molar-refractivity contribution in [1.82, 2.24) is 4.90 Å². The Bertz CT molecular complexity index is 1360. The monoisotopic (exact) mass is 483 g/mol. The number of fused-ring (bicyclic) bond motifs is 1. The molecule has 0 aromatic heterocycles. The van der Waals surface area contributed by atoms with E-state index in [1.165, 1.54) is 26.0 Å². The van der Waals surface area contributed by atoms with Crippen LogP contribution in [-0.4, -0.2) is 50.1 Å². The molecule has 0 atom stereocenters. The summed E-state index contributed by atoms with van der Waals surface area (Å²) in [4.78, 5) is 29.9. The van der Waals surface area contributed by atoms with E-state index < -0.39 is 11.8 Å². The van der Waals surface area contributed by atoms with Gasteiger partial charge in [-0.2, -0.15) is 5.26 Å². The van der Waals surface area contributed by atoms with Crippen molar-refractivity contribution in [2.75, 3.05) is 38.3 Å². The van der Waals surface area contributed by atoms with E-state index in [4.69, 9.17) is 14.2 Å². The van der Waals surface area contributed by atoms with Crippen molar-refractivity contribution < 1.29 is 23.8 Å². The van der Waals surface area contributed by atoms with Gasteiger partial charge < -0.3 is 14.2 Å². The number of carbonyl (C=O) groups excluding carboxylic acids is 2. The summed E-state index contributed by atoms with van der Waals surface area (Å²) in [6, 6.07) is 18.6. The number of ether oxygens (including phenoxy) is 3. The number of anilines is 1. The number of likely N-dealkylation sites (tertiary alicyclic amines) is 1. The molecule has 0 N–H and O–H groups in total. The quantitative estimate of drug-likeness (QED) is 0.431. The largest absolute Gasteiger partial charge is 0.493 e. The summed E-state index contributed by atoms with van der Waals surface area (Å²) in [5.41, 5.74) is 1.28. The molecule has 2 aliphatic rings. The van der Waals surface area contributed by atoms with Gasteiger partial charge in [0.2, 0.25) is 0 Å². The number of rotatable bonds is 8. The molecule has 0 radical (unpaired) electrons. The van der Waals surface area contributed by atoms with Crippen LogP contribution in [0.5, 0.6) is 23.0 Å². The van der Waals surface area contributed by atoms with Crippen LogP contribution in [0.4, 0.5) is 5.69 Å². The first-order chi connectivity index (χ1) is 17.6. The first-order valence-electron chi connectivity index (χ1n) is 11.8. The van der Waals surface area contributed by atoms with Gasteiger partial charge in [-0.3, -0.25) is 14.5 Å². The molecule has 1 fully saturated rings. The SMILES string of the molecule is COc1cc(N2C(=O)c3ccc(Oc4ccccc4C#N)cc3C2=O)ccc1OCCN1CCCC1. The van der Waals surface area contributed by atoms with Crippen molar-refractivity contribution in [3.05, 3.63) is 77.4 Å². The number of benzene rings is 3. The molecule has 3 aromatic carbocycles. The summed E-state index contributed by atoms with van der Waals surface area (Å²) < 4.78 is 17.2. The lowest BCUT2D eigenvalue weighted by atomic mass is 10.1. The molecule has 1 saturated heterocycles. The van der Waals surface area contributed by atoms with E-state index in [-0.39, 0.29) is 11.1 Å². The minimum absolute atomic E-state index is 0.233. The van der Waals surface area contributed by atoms with Crippen molar-refractivity contribution in [2.45, 2.75) is 12.8 Å². The van der Waals surface area contributed by atoms with Crippen LogP contribution in [0.1, 0.15) is 39.1 Å². The second-order valence-corrected chi connectivity index (χ2v) is 8.60. The number of imide groups is 1. The summed E-state index contributed by atoms with van der Waals surface area (Å²) in [7, 11) is 1.53. The Morgan fingerprint density at radius 1 is 0.889 bits per heavy atom. The van der Waals surface area contributed by atoms with E-state index in [1.54, 1.807) is 54.6 Å². The molecule has 0 spiro atoms. The molecule has 2 amide bonds. The molecule has 182 valence electrons. The zero-order valence-corrected chi connectivity index (χ0v) is 19.9. The van der Waals surface area contributed by atoms with Gasteiger partial charge in [0, 0.05) is 12.6 Å². The Kier molecular flexibility index (Phi) is 6.56. The van der Waals surface area contributed by atoms with Crippen LogP contribution in [0.3, 0.4) is 0 Å². The van der Waals surface area contributed by atoms with Crippen molar-refractivity contribution in [3.63, 3.8) is 0 Å². The number of amides is 2. The topological polar surface area (TPSA) is 92.1 Å². The predicted molar refractivity (Wildman–Crippen MR) is 133 cm³/mol. The highest BCUT2D eigenvalue weighted by Gasteiger charge is 2.37. The zero-order chi connectivity index (χ0) is 25.1. The molecule has 36 heavy (non-hydrogen) atoms. The normalized spacial score (nSPS) is 15.1. The third kappa shape index (κ3) is 4.49. The fraction of sp³-hybridized carbons (Fsp3) is 0.250. The number of carbonyl (C=O) groups is 2. The average Bonchev–Trinajstić information content (AvgIpc) is 3.51. The molecule has 8 nitrogen and oxygen atoms in total. The molecule has 0 saturated carbocycles. The van der Waals surface area contributed by atoms with Gasteiger partial charge in [0.1, 0.15) is 24.2 Å². The van der Waals surface area contributed by atoms with E-state index in [2.05, 4.69) is 11.0 Å². The maximum atomic E-state index is 13.3. The fourth-order valence-corrected chi connectivity index (χ4v) is 4.50. The van der Waals surface area contributed by atoms with Gasteiger partial charge >= 0.3 is 0 Å². The highest BCUT2D eigenvalue weighted by Crippen LogP contribution is 2.37. The second-order valence-electron chi connectivity index (χ2n) is 8.60. The summed E-state index contributed by atoms with van der Waals surface area (Å²) >= 11 is 0. The smallest absolute Gasteiger partial charge is 0.266 e. The maximum absolute atomic E-state index is 13.3. The number of methoxy groups -OCH3 is 1. The minimum Gasteiger partial charge on any atom is -0.493 e. The van der Waals surface area contributed by atoms with Gasteiger partial charge in [-0.05, 0) is 68.4 Å². The maximum Gasteiger partial charge on any atom is 0.266 e. The van der Waals surface area contributed by atoms with E-state index in [9.17, 15) is 14.9 Å². The standard InChI is InChI=1S/C28H25N3O5/c1-34-26-16-20(8-11-25(26)35-15-14-30-12-4-5-13-30)31-27(32)22-10-9-21(17-23(22)28(31)33)36-24-7-3-2-6-19(24)18-29/h2-3,6-11,16-17H,4-5,12-15H2,1H3. The van der Waals surface area contributed by atoms with E-state index in [0.717, 1.165) is 24.5 Å². The van der Waals surface area contributed by atoms with Gasteiger partial charge in [-0.1, -0.05) is 12.1 Å². The first-order valence-corrected chi connectivity index (χ1v) is 11.8. The number of hydrogen-bond acceptors (Lipinski definition) is 7. The summed E-state index contributed by atoms with van der Waals surface area (Å²) in [5.74, 6) is 0.853. The molecule has 0 unspecified atom stereocenters. The van der Waals surface area contributed by atoms with Crippen molar-refractivity contribution in [1.29, 1.82) is 5.26 Å². The van der Waals surface area contributed by atoms with Crippen LogP contribution in [0.2, 0.25) is 0 Å². The number of para-hydroxylation sites is 1. The lowest BCUT2D eigenvalue weighted by molar-refractivity contribution is 0.0926. The summed E-state index contributed by atoms with van der Waals surface area (Å²) in [6.45, 7) is 3.56. The molecule has 0 bridgehead atoms. The minimum atomic E-state index is -0.459. The Morgan fingerprint density at radius 2 is 1.67 bits per heavy atom. The third-order valence-electron chi connectivity index (χ3n) is 6.36. The van der Waals surface area contributed by atoms with Crippen molar-refractivity contribution in [2.24, 2.45) is 0 Å². The molecular weight excluding hydrogens is 458 g/mol. The van der Waals surface area contributed by atoms with Crippen LogP contribution < -0.4 is 19.1 Å². The summed E-state index contributed by atoms with van der Waals surface area (Å²) in [6.07, 6.45) is 2.44. The molecule has 2 aliphatic heterocycles. The zero-order valence-electron chi connectivity index (χ0n) is 19.9. The van der Waals surface area contributed by atoms with Crippen molar-refractivity contribution in [3.8, 4) is 29.1 Å². The van der Waals surface area contributed by atoms with Crippen LogP contribution in [0, 0.1) is 11.3 Å². The predicted octanol–water partition coefficient (Wildman–Crippen LogP) is 4.63. The van der Waals surface area contributed by atoms with Crippen LogP contribution in [0.25, 0.3) is 0 Å². The van der Waals surface area contributed by atoms with E-state index in [0.29, 0.717) is 40.9 Å². The number of hydrogen-bond donors (Lipinski definition) is 0. The lowest BCUT2D eigenvalue weighted by Crippen LogP contribution is -2.29. The Morgan fingerprint density at radius 3 is 2.44 bits per heavy atom. The lowest BCUT2D eigenvalue weighted by Gasteiger charge is -2.18. The molecule has 5 rings (SSSR count). The van der Waals surface area contributed by atoms with Gasteiger partial charge in [0.25, 0.3) is 11.8 Å². The van der Waals surface area contributed by atoms with Crippen LogP contribution in [-0.2, 0) is 0 Å². The Hall–Kier alpha value is -4.35. The average molecular weight is 484 g/mol. The van der Waals surface area contributed by atoms with Gasteiger partial charge in [-0.25, -0.2) is 4.90 Å². The van der Waals surface area contributed by atoms with Crippen molar-refractivity contribution >= 4 is 17.5 Å². The third-order valence-corrected chi connectivity index (χ3v) is 6.36. The number of nitrogens with zero attached hydrogens (tertiary/aromatic N) is 3. The molecular formula is C28H25N3O5. The first kappa shape index (κ1) is 23.4. The molecule has 0 aliphatic carbocycles. The van der Waals surface area contributed by atoms with E-state index in [1.807, 2.05) is 0 Å². The van der Waals surface area contributed by atoms with Crippen LogP contribution >= 0.6 is 0 Å². The molecule has 2 heterocycles. The van der Waals surface area contributed by atoms with Crippen LogP contribution in [0.15, 0.2) is 60.7 Å². The fourth-order valence-electron chi connectivity index (χ4n) is 4.50. The Labute approximate surface area is 209 Å². The number of nitriles is 1. The van der Waals surface area contributed by atoms with Gasteiger partial charge in [0.05, 0.1) is 29.5 Å². The molecule has 8 heteroatoms. The van der Waals surface area contributed by atoms with E-state index >= 15 is 0 Å². The summed E-state index contributed by atoms with van der Waals surface area (Å²) in [5, 5.41) is 9.29. The molecule has 3 aromatic rings. The highest BCUT2D eigenvalue weighted by molar-refractivity contribution is 6.34. The second kappa shape index (κ2) is 10.1. The Balaban J connectivity index is 1.34. The van der Waals surface area contributed by atoms with Gasteiger partial charge in [-0.15, -0.1) is 0 Å². The van der Waals surface area contributed by atoms with Gasteiger partial charge in [0.15, 0.2) is 11.5 Å². The highest BCUT2D eigenvalue weighted by atomic mass is 16.5.